The molecule has 0 aromatic heterocycles. The van der Waals surface area contributed by atoms with Gasteiger partial charge >= 0.3 is 0 Å². The molecule has 2 aliphatic heterocycles. The van der Waals surface area contributed by atoms with Crippen LogP contribution in [0.5, 0.6) is 5.75 Å². The molecular weight excluding hydrogens is 294 g/mol. The van der Waals surface area contributed by atoms with E-state index in [1.165, 1.54) is 0 Å². The third kappa shape index (κ3) is 4.67. The van der Waals surface area contributed by atoms with E-state index in [2.05, 4.69) is 4.90 Å². The van der Waals surface area contributed by atoms with Crippen molar-refractivity contribution in [3.8, 4) is 5.75 Å². The molecule has 0 aliphatic carbocycles. The van der Waals surface area contributed by atoms with E-state index in [1.54, 1.807) is 0 Å². The fourth-order valence-corrected chi connectivity index (χ4v) is 3.38. The number of hydrogen-bond acceptors (Lipinski definition) is 5. The number of hydrogen-bond donors (Lipinski definition) is 1. The van der Waals surface area contributed by atoms with Crippen molar-refractivity contribution in [2.45, 2.75) is 32.2 Å². The molecule has 0 amide bonds. The number of para-hydroxylation sites is 1. The number of rotatable bonds is 6. The first-order valence-corrected chi connectivity index (χ1v) is 8.54. The maximum atomic E-state index is 10.3. The average Bonchev–Trinajstić information content (AvgIpc) is 3.09. The summed E-state index contributed by atoms with van der Waals surface area (Å²) >= 11 is 0. The van der Waals surface area contributed by atoms with Crippen molar-refractivity contribution in [1.82, 2.24) is 4.90 Å². The lowest BCUT2D eigenvalue weighted by atomic mass is 9.97. The van der Waals surface area contributed by atoms with Gasteiger partial charge in [0.2, 0.25) is 0 Å². The summed E-state index contributed by atoms with van der Waals surface area (Å²) in [5, 5.41) is 10.3. The van der Waals surface area contributed by atoms with Gasteiger partial charge in [0.15, 0.2) is 6.29 Å². The van der Waals surface area contributed by atoms with E-state index >= 15 is 0 Å². The molecule has 2 fully saturated rings. The molecule has 128 valence electrons. The SMILES string of the molecule is Cc1ccccc1OCC(O)CN1CCCC(C2OCCO2)C1. The molecule has 3 rings (SSSR count). The number of aliphatic hydroxyl groups is 1. The van der Waals surface area contributed by atoms with E-state index in [0.717, 1.165) is 37.2 Å². The Morgan fingerprint density at radius 1 is 1.30 bits per heavy atom. The van der Waals surface area contributed by atoms with Crippen LogP contribution in [0, 0.1) is 12.8 Å². The van der Waals surface area contributed by atoms with Crippen molar-refractivity contribution < 1.29 is 19.3 Å². The molecule has 0 saturated carbocycles. The minimum Gasteiger partial charge on any atom is -0.491 e. The molecular formula is C18H27NO4. The zero-order chi connectivity index (χ0) is 16.1. The van der Waals surface area contributed by atoms with Crippen LogP contribution in [0.1, 0.15) is 18.4 Å². The normalized spacial score (nSPS) is 24.7. The van der Waals surface area contributed by atoms with E-state index in [-0.39, 0.29) is 6.29 Å². The van der Waals surface area contributed by atoms with Gasteiger partial charge in [0.05, 0.1) is 13.2 Å². The lowest BCUT2D eigenvalue weighted by molar-refractivity contribution is -0.103. The Kier molecular flexibility index (Phi) is 5.89. The number of aliphatic hydroxyl groups excluding tert-OH is 1. The second-order valence-electron chi connectivity index (χ2n) is 6.50. The number of aryl methyl sites for hydroxylation is 1. The van der Waals surface area contributed by atoms with Crippen LogP contribution < -0.4 is 4.74 Å². The van der Waals surface area contributed by atoms with Crippen LogP contribution in [0.15, 0.2) is 24.3 Å². The predicted molar refractivity (Wildman–Crippen MR) is 87.5 cm³/mol. The van der Waals surface area contributed by atoms with Crippen molar-refractivity contribution in [2.75, 3.05) is 39.5 Å². The van der Waals surface area contributed by atoms with Crippen molar-refractivity contribution in [1.29, 1.82) is 0 Å². The van der Waals surface area contributed by atoms with Crippen LogP contribution in [0.25, 0.3) is 0 Å². The van der Waals surface area contributed by atoms with Gasteiger partial charge in [-0.3, -0.25) is 0 Å². The Balaban J connectivity index is 1.43. The number of benzene rings is 1. The minimum atomic E-state index is -0.487. The van der Waals surface area contributed by atoms with Crippen molar-refractivity contribution in [2.24, 2.45) is 5.92 Å². The summed E-state index contributed by atoms with van der Waals surface area (Å²) in [6, 6.07) is 7.89. The molecule has 1 N–H and O–H groups in total. The summed E-state index contributed by atoms with van der Waals surface area (Å²) in [7, 11) is 0. The number of ether oxygens (including phenoxy) is 3. The first-order chi connectivity index (χ1) is 11.2. The van der Waals surface area contributed by atoms with E-state index in [0.29, 0.717) is 32.3 Å². The van der Waals surface area contributed by atoms with Crippen LogP contribution in [0.2, 0.25) is 0 Å². The van der Waals surface area contributed by atoms with Crippen LogP contribution in [0.4, 0.5) is 0 Å². The zero-order valence-electron chi connectivity index (χ0n) is 13.8. The summed E-state index contributed by atoms with van der Waals surface area (Å²) < 4.78 is 17.0. The lowest BCUT2D eigenvalue weighted by Crippen LogP contribution is -2.44. The highest BCUT2D eigenvalue weighted by Crippen LogP contribution is 2.25. The van der Waals surface area contributed by atoms with Gasteiger partial charge in [-0.05, 0) is 37.9 Å². The van der Waals surface area contributed by atoms with Gasteiger partial charge in [-0.2, -0.15) is 0 Å². The first-order valence-electron chi connectivity index (χ1n) is 8.54. The molecule has 5 nitrogen and oxygen atoms in total. The smallest absolute Gasteiger partial charge is 0.161 e. The summed E-state index contributed by atoms with van der Waals surface area (Å²) in [5.74, 6) is 1.26. The highest BCUT2D eigenvalue weighted by Gasteiger charge is 2.31. The Labute approximate surface area is 138 Å². The van der Waals surface area contributed by atoms with Gasteiger partial charge in [0.1, 0.15) is 18.5 Å². The number of β-amino-alcohol motifs (C(OH)–C–C–N with tert-alkyl or cyclic N) is 1. The molecule has 0 radical (unpaired) electrons. The Bertz CT molecular complexity index is 490. The van der Waals surface area contributed by atoms with E-state index < -0.39 is 6.10 Å². The third-order valence-corrected chi connectivity index (χ3v) is 4.57. The van der Waals surface area contributed by atoms with Crippen molar-refractivity contribution in [3.05, 3.63) is 29.8 Å². The quantitative estimate of drug-likeness (QED) is 0.866. The fraction of sp³-hybridized carbons (Fsp3) is 0.667. The van der Waals surface area contributed by atoms with Crippen molar-refractivity contribution >= 4 is 0 Å². The molecule has 1 aromatic carbocycles. The van der Waals surface area contributed by atoms with Gasteiger partial charge in [0, 0.05) is 19.0 Å². The molecule has 5 heteroatoms. The summed E-state index contributed by atoms with van der Waals surface area (Å²) in [6.45, 7) is 6.31. The predicted octanol–water partition coefficient (Wildman–Crippen LogP) is 1.82. The number of nitrogens with zero attached hydrogens (tertiary/aromatic N) is 1. The molecule has 2 unspecified atom stereocenters. The van der Waals surface area contributed by atoms with E-state index in [9.17, 15) is 5.11 Å². The molecule has 2 saturated heterocycles. The number of piperidine rings is 1. The van der Waals surface area contributed by atoms with Gasteiger partial charge in [-0.15, -0.1) is 0 Å². The van der Waals surface area contributed by atoms with Crippen LogP contribution in [-0.2, 0) is 9.47 Å². The highest BCUT2D eigenvalue weighted by molar-refractivity contribution is 5.31. The van der Waals surface area contributed by atoms with Gasteiger partial charge in [0.25, 0.3) is 0 Å². The van der Waals surface area contributed by atoms with Crippen LogP contribution in [0.3, 0.4) is 0 Å². The summed E-state index contributed by atoms with van der Waals surface area (Å²) in [5.41, 5.74) is 1.09. The molecule has 0 bridgehead atoms. The Hall–Kier alpha value is -1.14. The standard InChI is InChI=1S/C18H27NO4/c1-14-5-2-3-7-17(14)23-13-16(20)12-19-8-4-6-15(11-19)18-21-9-10-22-18/h2-3,5,7,15-16,18,20H,4,6,8-13H2,1H3. The maximum absolute atomic E-state index is 10.3. The lowest BCUT2D eigenvalue weighted by Gasteiger charge is -2.35. The molecule has 23 heavy (non-hydrogen) atoms. The Morgan fingerprint density at radius 3 is 2.87 bits per heavy atom. The summed E-state index contributed by atoms with van der Waals surface area (Å²) in [4.78, 5) is 2.30. The molecule has 2 heterocycles. The van der Waals surface area contributed by atoms with E-state index in [1.807, 2.05) is 31.2 Å². The first kappa shape index (κ1) is 16.7. The zero-order valence-corrected chi connectivity index (χ0v) is 13.8. The van der Waals surface area contributed by atoms with Crippen molar-refractivity contribution in [3.63, 3.8) is 0 Å². The fourth-order valence-electron chi connectivity index (χ4n) is 3.38. The maximum Gasteiger partial charge on any atom is 0.161 e. The van der Waals surface area contributed by atoms with Crippen LogP contribution in [-0.4, -0.2) is 61.9 Å². The summed E-state index contributed by atoms with van der Waals surface area (Å²) in [6.07, 6.45) is 1.72. The topological polar surface area (TPSA) is 51.2 Å². The largest absolute Gasteiger partial charge is 0.491 e. The van der Waals surface area contributed by atoms with Gasteiger partial charge in [-0.1, -0.05) is 18.2 Å². The second-order valence-corrected chi connectivity index (χ2v) is 6.50. The van der Waals surface area contributed by atoms with Gasteiger partial charge < -0.3 is 24.2 Å². The third-order valence-electron chi connectivity index (χ3n) is 4.57. The number of likely N-dealkylation sites (tertiary alicyclic amines) is 1. The van der Waals surface area contributed by atoms with E-state index in [4.69, 9.17) is 14.2 Å². The molecule has 2 aliphatic rings. The van der Waals surface area contributed by atoms with Crippen LogP contribution >= 0.6 is 0 Å². The minimum absolute atomic E-state index is 0.0573. The monoisotopic (exact) mass is 321 g/mol. The molecule has 0 spiro atoms. The highest BCUT2D eigenvalue weighted by atomic mass is 16.7. The average molecular weight is 321 g/mol. The van der Waals surface area contributed by atoms with Gasteiger partial charge in [-0.25, -0.2) is 0 Å². The second kappa shape index (κ2) is 8.11. The molecule has 1 aromatic rings. The molecule has 2 atom stereocenters. The Morgan fingerprint density at radius 2 is 2.09 bits per heavy atom.